The standard InChI is InChI=1S/C17H23NO4/c1-18(17(16(20)21)10-6-3-7-11-17)15(19)13-22-12-14-8-4-2-5-9-14/h2,4-5,8-9H,3,6-7,10-13H2,1H3,(H,20,21). The Balaban J connectivity index is 1.91. The lowest BCUT2D eigenvalue weighted by Crippen LogP contribution is -2.57. The first-order valence-corrected chi connectivity index (χ1v) is 7.68. The van der Waals surface area contributed by atoms with Crippen LogP contribution in [0.5, 0.6) is 0 Å². The lowest BCUT2D eigenvalue weighted by Gasteiger charge is -2.40. The Morgan fingerprint density at radius 3 is 2.41 bits per heavy atom. The molecule has 0 spiro atoms. The van der Waals surface area contributed by atoms with Gasteiger partial charge in [-0.2, -0.15) is 0 Å². The number of likely N-dealkylation sites (N-methyl/N-ethyl adjacent to an activating group) is 1. The van der Waals surface area contributed by atoms with E-state index in [1.807, 2.05) is 30.3 Å². The maximum Gasteiger partial charge on any atom is 0.329 e. The van der Waals surface area contributed by atoms with Crippen LogP contribution in [0.3, 0.4) is 0 Å². The number of aliphatic carboxylic acids is 1. The van der Waals surface area contributed by atoms with Crippen LogP contribution in [-0.2, 0) is 20.9 Å². The van der Waals surface area contributed by atoms with Gasteiger partial charge >= 0.3 is 5.97 Å². The molecular weight excluding hydrogens is 282 g/mol. The van der Waals surface area contributed by atoms with Crippen LogP contribution in [0.25, 0.3) is 0 Å². The highest BCUT2D eigenvalue weighted by atomic mass is 16.5. The molecule has 1 aliphatic carbocycles. The number of hydrogen-bond donors (Lipinski definition) is 1. The van der Waals surface area contributed by atoms with E-state index in [-0.39, 0.29) is 12.5 Å². The van der Waals surface area contributed by atoms with Crippen LogP contribution in [0, 0.1) is 0 Å². The molecule has 0 aliphatic heterocycles. The maximum absolute atomic E-state index is 12.3. The lowest BCUT2D eigenvalue weighted by molar-refractivity contribution is -0.162. The number of benzene rings is 1. The Morgan fingerprint density at radius 2 is 1.82 bits per heavy atom. The van der Waals surface area contributed by atoms with Gasteiger partial charge < -0.3 is 14.7 Å². The summed E-state index contributed by atoms with van der Waals surface area (Å²) in [5, 5.41) is 9.58. The summed E-state index contributed by atoms with van der Waals surface area (Å²) < 4.78 is 5.43. The zero-order valence-electron chi connectivity index (χ0n) is 13.0. The van der Waals surface area contributed by atoms with Crippen LogP contribution in [-0.4, -0.2) is 41.1 Å². The minimum Gasteiger partial charge on any atom is -0.479 e. The lowest BCUT2D eigenvalue weighted by atomic mass is 9.80. The Kier molecular flexibility index (Phi) is 5.55. The zero-order chi connectivity index (χ0) is 16.0. The SMILES string of the molecule is CN(C(=O)COCc1ccccc1)C1(C(=O)O)CCCCC1. The van der Waals surface area contributed by atoms with E-state index >= 15 is 0 Å². The average molecular weight is 305 g/mol. The van der Waals surface area contributed by atoms with Crippen LogP contribution in [0.1, 0.15) is 37.7 Å². The molecule has 120 valence electrons. The van der Waals surface area contributed by atoms with E-state index in [1.165, 1.54) is 4.90 Å². The van der Waals surface area contributed by atoms with Gasteiger partial charge in [-0.25, -0.2) is 4.79 Å². The molecule has 22 heavy (non-hydrogen) atoms. The van der Waals surface area contributed by atoms with Gasteiger partial charge in [0.25, 0.3) is 0 Å². The highest BCUT2D eigenvalue weighted by Gasteiger charge is 2.45. The summed E-state index contributed by atoms with van der Waals surface area (Å²) in [7, 11) is 1.58. The molecule has 1 aliphatic rings. The van der Waals surface area contributed by atoms with Gasteiger partial charge in [-0.3, -0.25) is 4.79 Å². The number of carboxylic acids is 1. The van der Waals surface area contributed by atoms with E-state index in [2.05, 4.69) is 0 Å². The van der Waals surface area contributed by atoms with E-state index < -0.39 is 11.5 Å². The largest absolute Gasteiger partial charge is 0.479 e. The van der Waals surface area contributed by atoms with Crippen molar-refractivity contribution in [3.63, 3.8) is 0 Å². The fourth-order valence-corrected chi connectivity index (χ4v) is 3.00. The van der Waals surface area contributed by atoms with Crippen LogP contribution < -0.4 is 0 Å². The van der Waals surface area contributed by atoms with Crippen LogP contribution in [0.4, 0.5) is 0 Å². The molecule has 1 fully saturated rings. The van der Waals surface area contributed by atoms with Crippen molar-refractivity contribution in [2.24, 2.45) is 0 Å². The van der Waals surface area contributed by atoms with E-state index in [4.69, 9.17) is 4.74 Å². The maximum atomic E-state index is 12.3. The third-order valence-corrected chi connectivity index (χ3v) is 4.43. The fourth-order valence-electron chi connectivity index (χ4n) is 3.00. The summed E-state index contributed by atoms with van der Waals surface area (Å²) in [4.78, 5) is 25.3. The van der Waals surface area contributed by atoms with Gasteiger partial charge in [0, 0.05) is 7.05 Å². The molecule has 0 unspecified atom stereocenters. The van der Waals surface area contributed by atoms with Crippen molar-refractivity contribution in [2.75, 3.05) is 13.7 Å². The third-order valence-electron chi connectivity index (χ3n) is 4.43. The Labute approximate surface area is 130 Å². The van der Waals surface area contributed by atoms with Gasteiger partial charge in [-0.05, 0) is 18.4 Å². The number of nitrogens with zero attached hydrogens (tertiary/aromatic N) is 1. The Morgan fingerprint density at radius 1 is 1.18 bits per heavy atom. The third kappa shape index (κ3) is 3.65. The number of ether oxygens (including phenoxy) is 1. The van der Waals surface area contributed by atoms with E-state index in [1.54, 1.807) is 7.05 Å². The molecule has 0 bridgehead atoms. The number of carbonyl (C=O) groups is 2. The van der Waals surface area contributed by atoms with E-state index in [0.717, 1.165) is 24.8 Å². The number of carbonyl (C=O) groups excluding carboxylic acids is 1. The van der Waals surface area contributed by atoms with Crippen molar-refractivity contribution in [1.29, 1.82) is 0 Å². The normalized spacial score (nSPS) is 17.0. The van der Waals surface area contributed by atoms with Gasteiger partial charge in [-0.1, -0.05) is 49.6 Å². The van der Waals surface area contributed by atoms with Crippen LogP contribution in [0.2, 0.25) is 0 Å². The highest BCUT2D eigenvalue weighted by molar-refractivity contribution is 5.87. The van der Waals surface area contributed by atoms with Gasteiger partial charge in [-0.15, -0.1) is 0 Å². The first kappa shape index (κ1) is 16.5. The van der Waals surface area contributed by atoms with E-state index in [0.29, 0.717) is 19.4 Å². The Hall–Kier alpha value is -1.88. The zero-order valence-corrected chi connectivity index (χ0v) is 13.0. The minimum absolute atomic E-state index is 0.0968. The molecule has 0 heterocycles. The molecule has 5 heteroatoms. The number of hydrogen-bond acceptors (Lipinski definition) is 3. The second kappa shape index (κ2) is 7.40. The first-order valence-electron chi connectivity index (χ1n) is 7.68. The van der Waals surface area contributed by atoms with Gasteiger partial charge in [0.15, 0.2) is 0 Å². The van der Waals surface area contributed by atoms with Crippen molar-refractivity contribution in [3.8, 4) is 0 Å². The van der Waals surface area contributed by atoms with Gasteiger partial charge in [0.2, 0.25) is 5.91 Å². The molecule has 1 aromatic carbocycles. The van der Waals surface area contributed by atoms with Crippen LogP contribution >= 0.6 is 0 Å². The molecular formula is C17H23NO4. The van der Waals surface area contributed by atoms with Crippen molar-refractivity contribution in [1.82, 2.24) is 4.90 Å². The van der Waals surface area contributed by atoms with Gasteiger partial charge in [0.1, 0.15) is 12.1 Å². The predicted molar refractivity (Wildman–Crippen MR) is 82.3 cm³/mol. The molecule has 5 nitrogen and oxygen atoms in total. The molecule has 1 saturated carbocycles. The molecule has 0 aromatic heterocycles. The number of carboxylic acid groups (broad SMARTS) is 1. The summed E-state index contributed by atoms with van der Waals surface area (Å²) in [6.07, 6.45) is 3.75. The summed E-state index contributed by atoms with van der Waals surface area (Å²) in [5.41, 5.74) is -0.0746. The topological polar surface area (TPSA) is 66.8 Å². The molecule has 2 rings (SSSR count). The molecule has 1 aromatic rings. The van der Waals surface area contributed by atoms with Crippen molar-refractivity contribution in [3.05, 3.63) is 35.9 Å². The second-order valence-electron chi connectivity index (χ2n) is 5.83. The smallest absolute Gasteiger partial charge is 0.329 e. The molecule has 0 atom stereocenters. The summed E-state index contributed by atoms with van der Waals surface area (Å²) in [6.45, 7) is 0.251. The second-order valence-corrected chi connectivity index (χ2v) is 5.83. The van der Waals surface area contributed by atoms with Gasteiger partial charge in [0.05, 0.1) is 6.61 Å². The van der Waals surface area contributed by atoms with Crippen molar-refractivity contribution >= 4 is 11.9 Å². The number of amides is 1. The summed E-state index contributed by atoms with van der Waals surface area (Å²) in [5.74, 6) is -1.19. The molecule has 0 saturated heterocycles. The Bertz CT molecular complexity index is 509. The fraction of sp³-hybridized carbons (Fsp3) is 0.529. The van der Waals surface area contributed by atoms with Crippen molar-refractivity contribution in [2.45, 2.75) is 44.2 Å². The van der Waals surface area contributed by atoms with E-state index in [9.17, 15) is 14.7 Å². The summed E-state index contributed by atoms with van der Waals surface area (Å²) >= 11 is 0. The van der Waals surface area contributed by atoms with Crippen molar-refractivity contribution < 1.29 is 19.4 Å². The molecule has 0 radical (unpaired) electrons. The highest BCUT2D eigenvalue weighted by Crippen LogP contribution is 2.33. The quantitative estimate of drug-likeness (QED) is 0.876. The number of rotatable bonds is 6. The average Bonchev–Trinajstić information content (AvgIpc) is 2.55. The van der Waals surface area contributed by atoms with Crippen LogP contribution in [0.15, 0.2) is 30.3 Å². The monoisotopic (exact) mass is 305 g/mol. The molecule has 1 amide bonds. The molecule has 1 N–H and O–H groups in total. The minimum atomic E-state index is -1.06. The summed E-state index contributed by atoms with van der Waals surface area (Å²) in [6, 6.07) is 9.59. The first-order chi connectivity index (χ1) is 10.6. The predicted octanol–water partition coefficient (Wildman–Crippen LogP) is 2.45.